The maximum atomic E-state index is 15.0. The summed E-state index contributed by atoms with van der Waals surface area (Å²) >= 11 is 0. The Morgan fingerprint density at radius 2 is 2.06 bits per heavy atom. The van der Waals surface area contributed by atoms with Gasteiger partial charge in [-0.2, -0.15) is 10.4 Å². The molecule has 0 saturated carbocycles. The van der Waals surface area contributed by atoms with Gasteiger partial charge in [-0.15, -0.1) is 0 Å². The van der Waals surface area contributed by atoms with E-state index in [4.69, 9.17) is 4.74 Å². The van der Waals surface area contributed by atoms with Gasteiger partial charge in [0.25, 0.3) is 0 Å². The van der Waals surface area contributed by atoms with Crippen LogP contribution in [0.5, 0.6) is 0 Å². The number of cyclic esters (lactones) is 1. The summed E-state index contributed by atoms with van der Waals surface area (Å²) in [5, 5.41) is 6.19. The number of nitroso groups, excluding NO2 is 1. The number of anilines is 1. The summed E-state index contributed by atoms with van der Waals surface area (Å²) in [6.07, 6.45) is 1.19. The highest BCUT2D eigenvalue weighted by Crippen LogP contribution is 2.41. The molecule has 5 rings (SSSR count). The third-order valence-corrected chi connectivity index (χ3v) is 5.77. The Kier molecular flexibility index (Phi) is 5.00. The first-order valence-corrected chi connectivity index (χ1v) is 10.0. The number of carbonyl (C=O) groups excluding carboxylic acids is 1. The molecule has 2 aromatic carbocycles. The fourth-order valence-corrected chi connectivity index (χ4v) is 4.26. The summed E-state index contributed by atoms with van der Waals surface area (Å²) in [6, 6.07) is 10.5. The Morgan fingerprint density at radius 3 is 2.81 bits per heavy atom. The van der Waals surface area contributed by atoms with Crippen LogP contribution < -0.4 is 26.6 Å². The van der Waals surface area contributed by atoms with Crippen molar-refractivity contribution in [1.82, 2.24) is 21.7 Å². The van der Waals surface area contributed by atoms with E-state index in [0.29, 0.717) is 30.8 Å². The van der Waals surface area contributed by atoms with Gasteiger partial charge in [-0.3, -0.25) is 4.90 Å². The molecule has 3 aliphatic rings. The molecule has 0 spiro atoms. The number of halogens is 1. The second-order valence-corrected chi connectivity index (χ2v) is 7.70. The molecule has 1 fully saturated rings. The minimum atomic E-state index is -0.600. The molecule has 0 bridgehead atoms. The fraction of sp³-hybridized carbons (Fsp3) is 0.286. The molecule has 31 heavy (non-hydrogen) atoms. The lowest BCUT2D eigenvalue weighted by molar-refractivity contribution is 0.135. The predicted octanol–water partition coefficient (Wildman–Crippen LogP) is 2.05. The molecular weight excluding hydrogens is 403 g/mol. The van der Waals surface area contributed by atoms with Crippen LogP contribution in [0.15, 0.2) is 53.5 Å². The summed E-state index contributed by atoms with van der Waals surface area (Å²) in [5.41, 5.74) is 13.3. The summed E-state index contributed by atoms with van der Waals surface area (Å²) < 4.78 is 20.2. The van der Waals surface area contributed by atoms with Crippen LogP contribution in [0.3, 0.4) is 0 Å². The lowest BCUT2D eigenvalue weighted by Crippen LogP contribution is -2.34. The molecule has 0 radical (unpaired) electrons. The molecule has 9 nitrogen and oxygen atoms in total. The normalized spacial score (nSPS) is 21.1. The zero-order valence-electron chi connectivity index (χ0n) is 16.5. The van der Waals surface area contributed by atoms with Crippen molar-refractivity contribution in [2.24, 2.45) is 5.18 Å². The number of hydrazine groups is 2. The topological polar surface area (TPSA) is 107 Å². The van der Waals surface area contributed by atoms with Crippen LogP contribution in [0.2, 0.25) is 0 Å². The molecule has 2 atom stereocenters. The first-order chi connectivity index (χ1) is 15.1. The standard InChI is InChI=1S/C21H21FN6O3/c22-17-7-18-14(6-19-20(11-25-30)31-21(29)28(18)19)5-16(17)13-3-1-12(2-4-13)8-23-9-15-10-24-27-26-15/h1-5,7,10,19-20,23-24,26-27H,6,8-9,11H2/t19-,20-/m0/s1. The fourth-order valence-electron chi connectivity index (χ4n) is 4.26. The summed E-state index contributed by atoms with van der Waals surface area (Å²) in [4.78, 5) is 24.3. The van der Waals surface area contributed by atoms with Gasteiger partial charge >= 0.3 is 6.09 Å². The maximum absolute atomic E-state index is 15.0. The SMILES string of the molecule is O=NC[C@@H]1OC(=O)N2c3cc(F)c(-c4ccc(CNCC5=CNNN5)cc4)cc3C[C@@H]12. The van der Waals surface area contributed by atoms with E-state index in [1.54, 1.807) is 6.07 Å². The van der Waals surface area contributed by atoms with Crippen molar-refractivity contribution in [3.8, 4) is 11.1 Å². The van der Waals surface area contributed by atoms with Crippen LogP contribution in [0.25, 0.3) is 11.1 Å². The molecule has 1 amide bonds. The minimum Gasteiger partial charge on any atom is -0.441 e. The Morgan fingerprint density at radius 1 is 1.23 bits per heavy atom. The average Bonchev–Trinajstić information content (AvgIpc) is 3.47. The zero-order chi connectivity index (χ0) is 21.4. The number of hydrogen-bond donors (Lipinski definition) is 4. The number of amides is 1. The third-order valence-electron chi connectivity index (χ3n) is 5.77. The van der Waals surface area contributed by atoms with Gasteiger partial charge in [-0.25, -0.2) is 9.18 Å². The Bertz CT molecular complexity index is 1060. The van der Waals surface area contributed by atoms with E-state index in [0.717, 1.165) is 22.4 Å². The van der Waals surface area contributed by atoms with E-state index in [2.05, 4.69) is 26.9 Å². The Balaban J connectivity index is 1.31. The number of nitrogens with one attached hydrogen (secondary N) is 4. The Hall–Kier alpha value is -3.50. The Labute approximate surface area is 177 Å². The summed E-state index contributed by atoms with van der Waals surface area (Å²) in [6.45, 7) is 1.25. The van der Waals surface area contributed by atoms with Gasteiger partial charge < -0.3 is 20.9 Å². The van der Waals surface area contributed by atoms with Gasteiger partial charge in [0.05, 0.1) is 17.4 Å². The zero-order valence-corrected chi connectivity index (χ0v) is 16.5. The minimum absolute atomic E-state index is 0.105. The molecule has 2 aromatic rings. The number of ether oxygens (including phenoxy) is 1. The van der Waals surface area contributed by atoms with Crippen LogP contribution in [-0.4, -0.2) is 31.3 Å². The molecule has 0 aromatic heterocycles. The van der Waals surface area contributed by atoms with Crippen molar-refractivity contribution >= 4 is 11.8 Å². The molecule has 10 heteroatoms. The lowest BCUT2D eigenvalue weighted by atomic mass is 9.98. The van der Waals surface area contributed by atoms with Gasteiger partial charge in [-0.1, -0.05) is 29.4 Å². The highest BCUT2D eigenvalue weighted by atomic mass is 19.1. The van der Waals surface area contributed by atoms with E-state index in [9.17, 15) is 14.1 Å². The average molecular weight is 424 g/mol. The number of fused-ring (bicyclic) bond motifs is 3. The third kappa shape index (κ3) is 3.60. The van der Waals surface area contributed by atoms with E-state index in [-0.39, 0.29) is 12.6 Å². The van der Waals surface area contributed by atoms with E-state index >= 15 is 0 Å². The van der Waals surface area contributed by atoms with E-state index in [1.165, 1.54) is 11.0 Å². The van der Waals surface area contributed by atoms with Gasteiger partial charge in [0.2, 0.25) is 0 Å². The van der Waals surface area contributed by atoms with Crippen molar-refractivity contribution in [3.05, 3.63) is 70.1 Å². The molecule has 3 aliphatic heterocycles. The maximum Gasteiger partial charge on any atom is 0.415 e. The van der Waals surface area contributed by atoms with Crippen LogP contribution in [0.1, 0.15) is 11.1 Å². The van der Waals surface area contributed by atoms with Crippen LogP contribution in [0.4, 0.5) is 14.9 Å². The quantitative estimate of drug-likeness (QED) is 0.504. The number of carbonyl (C=O) groups is 1. The number of benzene rings is 2. The van der Waals surface area contributed by atoms with E-state index in [1.807, 2.05) is 30.5 Å². The number of rotatable bonds is 7. The molecule has 1 saturated heterocycles. The molecule has 0 unspecified atom stereocenters. The van der Waals surface area contributed by atoms with Crippen molar-refractivity contribution in [2.75, 3.05) is 18.0 Å². The van der Waals surface area contributed by atoms with Crippen LogP contribution in [0, 0.1) is 10.7 Å². The largest absolute Gasteiger partial charge is 0.441 e. The highest BCUT2D eigenvalue weighted by molar-refractivity contribution is 5.94. The van der Waals surface area contributed by atoms with Crippen molar-refractivity contribution in [3.63, 3.8) is 0 Å². The monoisotopic (exact) mass is 424 g/mol. The van der Waals surface area contributed by atoms with E-state index < -0.39 is 18.0 Å². The predicted molar refractivity (Wildman–Crippen MR) is 112 cm³/mol. The van der Waals surface area contributed by atoms with Crippen LogP contribution >= 0.6 is 0 Å². The van der Waals surface area contributed by atoms with Gasteiger partial charge in [0.15, 0.2) is 0 Å². The molecular formula is C21H21FN6O3. The summed E-state index contributed by atoms with van der Waals surface area (Å²) in [5.74, 6) is -0.408. The first kappa shape index (κ1) is 19.5. The van der Waals surface area contributed by atoms with Gasteiger partial charge in [-0.05, 0) is 35.2 Å². The number of hydrogen-bond acceptors (Lipinski definition) is 8. The molecule has 4 N–H and O–H groups in total. The van der Waals surface area contributed by atoms with Crippen LogP contribution in [-0.2, 0) is 17.7 Å². The smallest absolute Gasteiger partial charge is 0.415 e. The van der Waals surface area contributed by atoms with Crippen molar-refractivity contribution < 1.29 is 13.9 Å². The molecule has 0 aliphatic carbocycles. The van der Waals surface area contributed by atoms with Gasteiger partial charge in [0, 0.05) is 24.9 Å². The molecule has 3 heterocycles. The second kappa shape index (κ2) is 7.97. The van der Waals surface area contributed by atoms with Crippen molar-refractivity contribution in [1.29, 1.82) is 0 Å². The van der Waals surface area contributed by atoms with Gasteiger partial charge in [0.1, 0.15) is 18.5 Å². The van der Waals surface area contributed by atoms with Crippen molar-refractivity contribution in [2.45, 2.75) is 25.1 Å². The summed E-state index contributed by atoms with van der Waals surface area (Å²) in [7, 11) is 0. The molecule has 160 valence electrons. The number of nitrogens with zero attached hydrogens (tertiary/aromatic N) is 2. The lowest BCUT2D eigenvalue weighted by Gasteiger charge is -2.15. The first-order valence-electron chi connectivity index (χ1n) is 10.0. The second-order valence-electron chi connectivity index (χ2n) is 7.70. The highest BCUT2D eigenvalue weighted by Gasteiger charge is 2.48.